The number of hydrogen-bond donors (Lipinski definition) is 2. The first-order valence-corrected chi connectivity index (χ1v) is 12.0. The molecule has 0 amide bonds. The highest BCUT2D eigenvalue weighted by Gasteiger charge is 2.63. The molecule has 0 aromatic rings. The van der Waals surface area contributed by atoms with E-state index in [1.54, 1.807) is 6.92 Å². The molecule has 3 heteroatoms. The number of ketones is 1. The van der Waals surface area contributed by atoms with Crippen LogP contribution in [0.5, 0.6) is 0 Å². The third kappa shape index (κ3) is 3.11. The van der Waals surface area contributed by atoms with Crippen molar-refractivity contribution in [1.82, 2.24) is 0 Å². The molecule has 0 bridgehead atoms. The molecule has 10 atom stereocenters. The van der Waals surface area contributed by atoms with E-state index < -0.39 is 0 Å². The van der Waals surface area contributed by atoms with Crippen molar-refractivity contribution in [2.75, 3.05) is 0 Å². The van der Waals surface area contributed by atoms with Gasteiger partial charge in [-0.15, -0.1) is 0 Å². The molecule has 0 aromatic carbocycles. The highest BCUT2D eigenvalue weighted by molar-refractivity contribution is 5.75. The lowest BCUT2D eigenvalue weighted by Crippen LogP contribution is -2.58. The third-order valence-corrected chi connectivity index (χ3v) is 10.5. The topological polar surface area (TPSA) is 57.5 Å². The van der Waals surface area contributed by atoms with Gasteiger partial charge in [0.25, 0.3) is 0 Å². The van der Waals surface area contributed by atoms with Crippen LogP contribution in [-0.4, -0.2) is 28.2 Å². The zero-order valence-corrected chi connectivity index (χ0v) is 18.5. The monoisotopic (exact) mass is 390 g/mol. The van der Waals surface area contributed by atoms with E-state index >= 15 is 0 Å². The number of aliphatic hydroxyl groups excluding tert-OH is 2. The zero-order chi connectivity index (χ0) is 20.3. The van der Waals surface area contributed by atoms with E-state index in [0.717, 1.165) is 38.0 Å². The maximum absolute atomic E-state index is 11.5. The molecule has 3 nitrogen and oxygen atoms in total. The van der Waals surface area contributed by atoms with Crippen LogP contribution < -0.4 is 0 Å². The van der Waals surface area contributed by atoms with Crippen molar-refractivity contribution in [3.05, 3.63) is 0 Å². The van der Waals surface area contributed by atoms with Gasteiger partial charge in [-0.3, -0.25) is 0 Å². The quantitative estimate of drug-likeness (QED) is 0.711. The summed E-state index contributed by atoms with van der Waals surface area (Å²) in [6.07, 6.45) is 10.4. The summed E-state index contributed by atoms with van der Waals surface area (Å²) in [7, 11) is 0. The van der Waals surface area contributed by atoms with E-state index in [4.69, 9.17) is 0 Å². The van der Waals surface area contributed by atoms with Gasteiger partial charge in [-0.05, 0) is 111 Å². The molecule has 0 saturated heterocycles. The predicted octanol–water partition coefficient (Wildman–Crippen LogP) is 4.98. The summed E-state index contributed by atoms with van der Waals surface area (Å²) in [5.41, 5.74) is 0.331. The maximum atomic E-state index is 11.5. The summed E-state index contributed by atoms with van der Waals surface area (Å²) in [5, 5.41) is 21.7. The molecule has 0 aromatic heterocycles. The number of Topliss-reactive ketones (excluding diaryl/α,β-unsaturated/α-hetero) is 1. The van der Waals surface area contributed by atoms with E-state index in [1.807, 2.05) is 0 Å². The molecule has 8 unspecified atom stereocenters. The van der Waals surface area contributed by atoms with Gasteiger partial charge < -0.3 is 15.0 Å². The Labute approximate surface area is 171 Å². The summed E-state index contributed by atoms with van der Waals surface area (Å²) < 4.78 is 0. The van der Waals surface area contributed by atoms with Crippen molar-refractivity contribution in [2.24, 2.45) is 46.3 Å². The Kier molecular flexibility index (Phi) is 5.49. The smallest absolute Gasteiger partial charge is 0.129 e. The van der Waals surface area contributed by atoms with Gasteiger partial charge in [0.15, 0.2) is 0 Å². The van der Waals surface area contributed by atoms with Crippen LogP contribution in [0.4, 0.5) is 0 Å². The molecule has 4 aliphatic rings. The fraction of sp³-hybridized carbons (Fsp3) is 0.960. The van der Waals surface area contributed by atoms with Crippen LogP contribution in [0.2, 0.25) is 0 Å². The Morgan fingerprint density at radius 2 is 1.79 bits per heavy atom. The summed E-state index contributed by atoms with van der Waals surface area (Å²) in [6.45, 7) is 8.89. The highest BCUT2D eigenvalue weighted by Crippen LogP contribution is 2.68. The average Bonchev–Trinajstić information content (AvgIpc) is 3.00. The summed E-state index contributed by atoms with van der Waals surface area (Å²) in [4.78, 5) is 11.5. The number of carbonyl (C=O) groups is 1. The first-order chi connectivity index (χ1) is 13.2. The molecular formula is C25H42O3. The van der Waals surface area contributed by atoms with Crippen LogP contribution in [0.25, 0.3) is 0 Å². The number of carbonyl (C=O) groups excluding carboxylic acids is 1. The van der Waals surface area contributed by atoms with Crippen LogP contribution in [0.1, 0.15) is 91.9 Å². The van der Waals surface area contributed by atoms with E-state index in [9.17, 15) is 15.0 Å². The number of rotatable bonds is 4. The molecule has 4 rings (SSSR count). The van der Waals surface area contributed by atoms with E-state index in [-0.39, 0.29) is 17.6 Å². The fourth-order valence-corrected chi connectivity index (χ4v) is 8.79. The fourth-order valence-electron chi connectivity index (χ4n) is 8.79. The molecule has 28 heavy (non-hydrogen) atoms. The Morgan fingerprint density at radius 3 is 2.50 bits per heavy atom. The van der Waals surface area contributed by atoms with Crippen LogP contribution >= 0.6 is 0 Å². The van der Waals surface area contributed by atoms with Gasteiger partial charge in [0, 0.05) is 6.42 Å². The minimum atomic E-state index is -0.214. The van der Waals surface area contributed by atoms with Crippen LogP contribution in [-0.2, 0) is 4.79 Å². The first-order valence-electron chi connectivity index (χ1n) is 12.0. The lowest BCUT2D eigenvalue weighted by molar-refractivity contribution is -0.174. The SMILES string of the molecule is CC(=O)CCC(C)C1CCC2C3CCC4C[C@H](O)CCC4(C)C3C[C@H](O)C12C. The standard InChI is InChI=1S/C25H42O3/c1-15(5-6-16(2)26)20-9-10-21-19-8-7-17-13-18(27)11-12-24(17,3)22(19)14-23(28)25(20,21)4/h15,17-23,27-28H,5-14H2,1-4H3/t15?,17?,18-,19?,20?,21?,22?,23+,24?,25?/m1/s1. The second kappa shape index (κ2) is 7.38. The Balaban J connectivity index is 1.56. The lowest BCUT2D eigenvalue weighted by atomic mass is 9.43. The normalized spacial score (nSPS) is 51.7. The van der Waals surface area contributed by atoms with Crippen molar-refractivity contribution in [2.45, 2.75) is 104 Å². The number of aliphatic hydroxyl groups is 2. The summed E-state index contributed by atoms with van der Waals surface area (Å²) in [5.74, 6) is 4.00. The van der Waals surface area contributed by atoms with Gasteiger partial charge in [0.05, 0.1) is 12.2 Å². The molecule has 0 spiro atoms. The minimum Gasteiger partial charge on any atom is -0.393 e. The lowest BCUT2D eigenvalue weighted by Gasteiger charge is -2.62. The molecule has 160 valence electrons. The Bertz CT molecular complexity index is 603. The Hall–Kier alpha value is -0.410. The molecule has 0 aliphatic heterocycles. The van der Waals surface area contributed by atoms with E-state index in [2.05, 4.69) is 20.8 Å². The number of hydrogen-bond acceptors (Lipinski definition) is 3. The third-order valence-electron chi connectivity index (χ3n) is 10.5. The van der Waals surface area contributed by atoms with Crippen molar-refractivity contribution in [3.63, 3.8) is 0 Å². The molecule has 4 aliphatic carbocycles. The molecule has 2 N–H and O–H groups in total. The molecule has 0 heterocycles. The van der Waals surface area contributed by atoms with Gasteiger partial charge in [-0.25, -0.2) is 0 Å². The van der Waals surface area contributed by atoms with Crippen molar-refractivity contribution in [1.29, 1.82) is 0 Å². The minimum absolute atomic E-state index is 0.0226. The van der Waals surface area contributed by atoms with Crippen molar-refractivity contribution < 1.29 is 15.0 Å². The van der Waals surface area contributed by atoms with Crippen molar-refractivity contribution in [3.8, 4) is 0 Å². The predicted molar refractivity (Wildman–Crippen MR) is 112 cm³/mol. The number of fused-ring (bicyclic) bond motifs is 5. The van der Waals surface area contributed by atoms with Gasteiger partial charge in [-0.1, -0.05) is 20.8 Å². The zero-order valence-electron chi connectivity index (χ0n) is 18.5. The molecule has 0 radical (unpaired) electrons. The van der Waals surface area contributed by atoms with E-state index in [1.165, 1.54) is 25.7 Å². The maximum Gasteiger partial charge on any atom is 0.129 e. The van der Waals surface area contributed by atoms with Crippen molar-refractivity contribution >= 4 is 5.78 Å². The largest absolute Gasteiger partial charge is 0.393 e. The second-order valence-corrected chi connectivity index (χ2v) is 11.6. The summed E-state index contributed by atoms with van der Waals surface area (Å²) in [6, 6.07) is 0. The van der Waals surface area contributed by atoms with Crippen LogP contribution in [0, 0.1) is 46.3 Å². The van der Waals surface area contributed by atoms with Crippen LogP contribution in [0.3, 0.4) is 0 Å². The van der Waals surface area contributed by atoms with E-state index in [0.29, 0.717) is 47.2 Å². The van der Waals surface area contributed by atoms with Gasteiger partial charge in [0.2, 0.25) is 0 Å². The van der Waals surface area contributed by atoms with Crippen LogP contribution in [0.15, 0.2) is 0 Å². The first kappa shape index (κ1) is 20.8. The highest BCUT2D eigenvalue weighted by atomic mass is 16.3. The average molecular weight is 391 g/mol. The molecular weight excluding hydrogens is 348 g/mol. The Morgan fingerprint density at radius 1 is 1.04 bits per heavy atom. The van der Waals surface area contributed by atoms with Gasteiger partial charge >= 0.3 is 0 Å². The second-order valence-electron chi connectivity index (χ2n) is 11.6. The van der Waals surface area contributed by atoms with Gasteiger partial charge in [-0.2, -0.15) is 0 Å². The molecule has 4 saturated carbocycles. The summed E-state index contributed by atoms with van der Waals surface area (Å²) >= 11 is 0. The molecule has 4 fully saturated rings. The van der Waals surface area contributed by atoms with Gasteiger partial charge in [0.1, 0.15) is 5.78 Å².